The fourth-order valence-electron chi connectivity index (χ4n) is 1.15. The Kier molecular flexibility index (Phi) is 1.32. The standard InChI is InChI=1S/C8H9N2/c1-2-4-8-7(3-1)5-6-9-10-8/h1,3-5,9H,2,6H2. The third kappa shape index (κ3) is 0.866. The Morgan fingerprint density at radius 3 is 3.30 bits per heavy atom. The smallest absolute Gasteiger partial charge is 0.0806 e. The Hall–Kier alpha value is -1.02. The number of rotatable bonds is 0. The van der Waals surface area contributed by atoms with Crippen molar-refractivity contribution in [3.8, 4) is 0 Å². The van der Waals surface area contributed by atoms with Gasteiger partial charge in [0.25, 0.3) is 0 Å². The first-order chi connectivity index (χ1) is 4.97. The molecule has 0 aromatic heterocycles. The van der Waals surface area contributed by atoms with Crippen molar-refractivity contribution in [2.45, 2.75) is 6.42 Å². The summed E-state index contributed by atoms with van der Waals surface area (Å²) in [6, 6.07) is 0. The molecule has 0 bridgehead atoms. The van der Waals surface area contributed by atoms with Crippen LogP contribution in [0.15, 0.2) is 35.6 Å². The average molecular weight is 133 g/mol. The number of hydrogen-bond acceptors (Lipinski definition) is 1. The van der Waals surface area contributed by atoms with Crippen molar-refractivity contribution in [2.75, 3.05) is 6.54 Å². The quantitative estimate of drug-likeness (QED) is 0.521. The van der Waals surface area contributed by atoms with Gasteiger partial charge < -0.3 is 0 Å². The molecule has 2 aliphatic rings. The summed E-state index contributed by atoms with van der Waals surface area (Å²) in [6.45, 7) is 0.858. The predicted octanol–water partition coefficient (Wildman–Crippen LogP) is 0.879. The van der Waals surface area contributed by atoms with Crippen LogP contribution in [-0.4, -0.2) is 6.54 Å². The lowest BCUT2D eigenvalue weighted by Gasteiger charge is -2.16. The Balaban J connectivity index is 2.32. The molecule has 0 unspecified atom stereocenters. The predicted molar refractivity (Wildman–Crippen MR) is 40.1 cm³/mol. The summed E-state index contributed by atoms with van der Waals surface area (Å²) in [4.78, 5) is 0. The van der Waals surface area contributed by atoms with Crippen LogP contribution < -0.4 is 10.9 Å². The first-order valence-corrected chi connectivity index (χ1v) is 3.47. The van der Waals surface area contributed by atoms with Gasteiger partial charge in [-0.25, -0.2) is 10.9 Å². The van der Waals surface area contributed by atoms with Gasteiger partial charge >= 0.3 is 0 Å². The minimum atomic E-state index is 0.858. The molecule has 1 heterocycles. The van der Waals surface area contributed by atoms with E-state index in [4.69, 9.17) is 0 Å². The molecule has 1 N–H and O–H groups in total. The first kappa shape index (κ1) is 5.74. The molecule has 2 nitrogen and oxygen atoms in total. The highest BCUT2D eigenvalue weighted by Crippen LogP contribution is 2.16. The monoisotopic (exact) mass is 133 g/mol. The van der Waals surface area contributed by atoms with Gasteiger partial charge in [0.2, 0.25) is 0 Å². The fraction of sp³-hybridized carbons (Fsp3) is 0.250. The largest absolute Gasteiger partial charge is 0.210 e. The zero-order chi connectivity index (χ0) is 6.81. The molecule has 2 heteroatoms. The molecular formula is C8H9N2. The van der Waals surface area contributed by atoms with E-state index in [0.717, 1.165) is 18.7 Å². The van der Waals surface area contributed by atoms with Gasteiger partial charge in [-0.05, 0) is 12.0 Å². The van der Waals surface area contributed by atoms with Crippen molar-refractivity contribution >= 4 is 0 Å². The van der Waals surface area contributed by atoms with Gasteiger partial charge in [-0.1, -0.05) is 24.3 Å². The Morgan fingerprint density at radius 2 is 2.40 bits per heavy atom. The summed E-state index contributed by atoms with van der Waals surface area (Å²) in [6.07, 6.45) is 9.56. The molecule has 51 valence electrons. The van der Waals surface area contributed by atoms with E-state index in [1.165, 1.54) is 5.57 Å². The Bertz CT molecular complexity index is 223. The second-order valence-corrected chi connectivity index (χ2v) is 2.36. The van der Waals surface area contributed by atoms with Crippen LogP contribution in [0.1, 0.15) is 6.42 Å². The molecule has 0 spiro atoms. The molecule has 1 aliphatic heterocycles. The summed E-state index contributed by atoms with van der Waals surface area (Å²) in [5.74, 6) is 0. The molecule has 2 rings (SSSR count). The SMILES string of the molecule is C1=CC2=CCN[N]C2=CC1. The highest BCUT2D eigenvalue weighted by molar-refractivity contribution is 5.42. The lowest BCUT2D eigenvalue weighted by Crippen LogP contribution is -2.29. The minimum absolute atomic E-state index is 0.858. The minimum Gasteiger partial charge on any atom is -0.210 e. The van der Waals surface area contributed by atoms with Crippen LogP contribution in [0.3, 0.4) is 0 Å². The summed E-state index contributed by atoms with van der Waals surface area (Å²) in [5.41, 5.74) is 9.42. The zero-order valence-electron chi connectivity index (χ0n) is 5.67. The molecule has 0 amide bonds. The maximum absolute atomic E-state index is 4.14. The van der Waals surface area contributed by atoms with Crippen molar-refractivity contribution in [1.29, 1.82) is 0 Å². The van der Waals surface area contributed by atoms with E-state index in [0.29, 0.717) is 0 Å². The van der Waals surface area contributed by atoms with Crippen molar-refractivity contribution in [2.24, 2.45) is 0 Å². The van der Waals surface area contributed by atoms with E-state index in [1.807, 2.05) is 0 Å². The number of hydrogen-bond donors (Lipinski definition) is 1. The number of nitrogens with zero attached hydrogens (tertiary/aromatic N) is 1. The molecule has 0 atom stereocenters. The average Bonchev–Trinajstić information content (AvgIpc) is 2.05. The maximum Gasteiger partial charge on any atom is 0.0806 e. The van der Waals surface area contributed by atoms with Gasteiger partial charge in [0.15, 0.2) is 0 Å². The van der Waals surface area contributed by atoms with Gasteiger partial charge in [-0.15, -0.1) is 0 Å². The van der Waals surface area contributed by atoms with E-state index >= 15 is 0 Å². The van der Waals surface area contributed by atoms with Gasteiger partial charge in [-0.2, -0.15) is 0 Å². The third-order valence-electron chi connectivity index (χ3n) is 1.65. The number of allylic oxidation sites excluding steroid dienone is 3. The molecule has 0 saturated heterocycles. The Morgan fingerprint density at radius 1 is 1.40 bits per heavy atom. The van der Waals surface area contributed by atoms with Gasteiger partial charge in [0.1, 0.15) is 0 Å². The van der Waals surface area contributed by atoms with E-state index in [-0.39, 0.29) is 0 Å². The van der Waals surface area contributed by atoms with E-state index in [2.05, 4.69) is 35.2 Å². The molecule has 1 aliphatic carbocycles. The summed E-state index contributed by atoms with van der Waals surface area (Å²) in [7, 11) is 0. The number of fused-ring (bicyclic) bond motifs is 1. The normalized spacial score (nSPS) is 22.4. The van der Waals surface area contributed by atoms with Crippen LogP contribution in [0.2, 0.25) is 0 Å². The van der Waals surface area contributed by atoms with E-state index < -0.39 is 0 Å². The second-order valence-electron chi connectivity index (χ2n) is 2.36. The molecular weight excluding hydrogens is 124 g/mol. The molecule has 0 aromatic rings. The van der Waals surface area contributed by atoms with Gasteiger partial charge in [0.05, 0.1) is 5.70 Å². The van der Waals surface area contributed by atoms with Crippen molar-refractivity contribution in [1.82, 2.24) is 10.9 Å². The topological polar surface area (TPSA) is 26.1 Å². The molecule has 10 heavy (non-hydrogen) atoms. The van der Waals surface area contributed by atoms with Crippen LogP contribution in [-0.2, 0) is 0 Å². The summed E-state index contributed by atoms with van der Waals surface area (Å²) < 4.78 is 0. The summed E-state index contributed by atoms with van der Waals surface area (Å²) in [5, 5.41) is 0. The van der Waals surface area contributed by atoms with Gasteiger partial charge in [0, 0.05) is 6.54 Å². The second kappa shape index (κ2) is 2.31. The molecule has 0 fully saturated rings. The maximum atomic E-state index is 4.14. The first-order valence-electron chi connectivity index (χ1n) is 3.47. The summed E-state index contributed by atoms with van der Waals surface area (Å²) >= 11 is 0. The lowest BCUT2D eigenvalue weighted by atomic mass is 10.1. The zero-order valence-corrected chi connectivity index (χ0v) is 5.67. The molecule has 0 aromatic carbocycles. The third-order valence-corrected chi connectivity index (χ3v) is 1.65. The van der Waals surface area contributed by atoms with Crippen LogP contribution in [0.4, 0.5) is 0 Å². The van der Waals surface area contributed by atoms with E-state index in [9.17, 15) is 0 Å². The van der Waals surface area contributed by atoms with Gasteiger partial charge in [-0.3, -0.25) is 0 Å². The highest BCUT2D eigenvalue weighted by atomic mass is 15.4. The highest BCUT2D eigenvalue weighted by Gasteiger charge is 2.09. The van der Waals surface area contributed by atoms with Crippen LogP contribution in [0.5, 0.6) is 0 Å². The van der Waals surface area contributed by atoms with Crippen LogP contribution in [0.25, 0.3) is 0 Å². The molecule has 0 saturated carbocycles. The van der Waals surface area contributed by atoms with Crippen molar-refractivity contribution in [3.05, 3.63) is 35.6 Å². The lowest BCUT2D eigenvalue weighted by molar-refractivity contribution is 0.618. The van der Waals surface area contributed by atoms with Crippen molar-refractivity contribution in [3.63, 3.8) is 0 Å². The van der Waals surface area contributed by atoms with Crippen LogP contribution >= 0.6 is 0 Å². The fourth-order valence-corrected chi connectivity index (χ4v) is 1.15. The Labute approximate surface area is 60.3 Å². The van der Waals surface area contributed by atoms with Crippen molar-refractivity contribution < 1.29 is 0 Å². The van der Waals surface area contributed by atoms with Crippen LogP contribution in [0, 0.1) is 0 Å². The number of nitrogens with one attached hydrogen (secondary N) is 1. The van der Waals surface area contributed by atoms with E-state index in [1.54, 1.807) is 0 Å². The molecule has 1 radical (unpaired) electrons.